The average Bonchev–Trinajstić information content (AvgIpc) is 2.78. The Morgan fingerprint density at radius 3 is 2.44 bits per heavy atom. The Labute approximate surface area is 99.0 Å². The predicted octanol–water partition coefficient (Wildman–Crippen LogP) is 1.63. The molecule has 2 N–H and O–H groups in total. The highest BCUT2D eigenvalue weighted by Gasteiger charge is 2.06. The smallest absolute Gasteiger partial charge is 0.247 e. The minimum Gasteiger partial charge on any atom is -0.497 e. The molecule has 0 fully saturated rings. The molecule has 0 atom stereocenters. The highest BCUT2D eigenvalue weighted by Crippen LogP contribution is 2.20. The van der Waals surface area contributed by atoms with E-state index in [9.17, 15) is 0 Å². The molecule has 5 nitrogen and oxygen atoms in total. The number of nitrogens with two attached hydrogens (primary N) is 1. The van der Waals surface area contributed by atoms with Gasteiger partial charge < -0.3 is 14.9 Å². The number of methoxy groups -OCH3 is 1. The van der Waals surface area contributed by atoms with E-state index < -0.39 is 0 Å². The predicted molar refractivity (Wildman–Crippen MR) is 61.4 cm³/mol. The van der Waals surface area contributed by atoms with Crippen molar-refractivity contribution in [3.05, 3.63) is 30.2 Å². The second kappa shape index (κ2) is 5.48. The molecule has 0 spiro atoms. The first-order chi connectivity index (χ1) is 7.33. The van der Waals surface area contributed by atoms with Crippen molar-refractivity contribution in [1.29, 1.82) is 0 Å². The van der Waals surface area contributed by atoms with Gasteiger partial charge in [-0.3, -0.25) is 0 Å². The summed E-state index contributed by atoms with van der Waals surface area (Å²) in [5.74, 6) is 1.69. The third-order valence-electron chi connectivity index (χ3n) is 1.98. The third-order valence-corrected chi connectivity index (χ3v) is 1.98. The first-order valence-corrected chi connectivity index (χ1v) is 4.50. The summed E-state index contributed by atoms with van der Waals surface area (Å²) in [5.41, 5.74) is 6.22. The van der Waals surface area contributed by atoms with Crippen molar-refractivity contribution >= 4 is 12.4 Å². The van der Waals surface area contributed by atoms with Crippen LogP contribution < -0.4 is 10.5 Å². The van der Waals surface area contributed by atoms with E-state index in [0.29, 0.717) is 11.8 Å². The maximum absolute atomic E-state index is 5.37. The van der Waals surface area contributed by atoms with Crippen LogP contribution in [0.3, 0.4) is 0 Å². The van der Waals surface area contributed by atoms with Crippen LogP contribution in [-0.2, 0) is 6.54 Å². The molecule has 2 aromatic rings. The van der Waals surface area contributed by atoms with Crippen LogP contribution in [-0.4, -0.2) is 17.3 Å². The molecule has 1 heterocycles. The summed E-state index contributed by atoms with van der Waals surface area (Å²) in [4.78, 5) is 0. The Balaban J connectivity index is 0.00000128. The van der Waals surface area contributed by atoms with Crippen LogP contribution in [0.4, 0.5) is 0 Å². The minimum atomic E-state index is 0. The van der Waals surface area contributed by atoms with Gasteiger partial charge in [-0.15, -0.1) is 22.6 Å². The number of benzene rings is 1. The van der Waals surface area contributed by atoms with Crippen molar-refractivity contribution in [3.8, 4) is 17.2 Å². The Bertz CT molecular complexity index is 442. The zero-order valence-electron chi connectivity index (χ0n) is 8.71. The highest BCUT2D eigenvalue weighted by atomic mass is 35.5. The van der Waals surface area contributed by atoms with Gasteiger partial charge in [-0.05, 0) is 24.3 Å². The third kappa shape index (κ3) is 2.50. The van der Waals surface area contributed by atoms with Gasteiger partial charge in [0.2, 0.25) is 11.8 Å². The number of aromatic nitrogens is 2. The molecule has 0 saturated heterocycles. The summed E-state index contributed by atoms with van der Waals surface area (Å²) in [5, 5.41) is 7.66. The lowest BCUT2D eigenvalue weighted by molar-refractivity contribution is 0.415. The Hall–Kier alpha value is -1.59. The van der Waals surface area contributed by atoms with Crippen molar-refractivity contribution in [2.24, 2.45) is 5.73 Å². The summed E-state index contributed by atoms with van der Waals surface area (Å²) in [7, 11) is 1.62. The molecule has 0 radical (unpaired) electrons. The number of hydrogen-bond donors (Lipinski definition) is 1. The molecular formula is C10H12ClN3O2. The van der Waals surface area contributed by atoms with E-state index in [4.69, 9.17) is 14.9 Å². The molecule has 0 bridgehead atoms. The fourth-order valence-electron chi connectivity index (χ4n) is 1.19. The minimum absolute atomic E-state index is 0. The summed E-state index contributed by atoms with van der Waals surface area (Å²) >= 11 is 0. The van der Waals surface area contributed by atoms with Gasteiger partial charge in [0.1, 0.15) is 5.75 Å². The molecule has 1 aromatic carbocycles. The van der Waals surface area contributed by atoms with E-state index in [1.807, 2.05) is 24.3 Å². The van der Waals surface area contributed by atoms with Crippen molar-refractivity contribution in [2.45, 2.75) is 6.54 Å². The second-order valence-corrected chi connectivity index (χ2v) is 2.93. The van der Waals surface area contributed by atoms with E-state index in [-0.39, 0.29) is 19.0 Å². The average molecular weight is 242 g/mol. The first-order valence-electron chi connectivity index (χ1n) is 4.50. The molecule has 1 aromatic heterocycles. The van der Waals surface area contributed by atoms with Gasteiger partial charge in [0.15, 0.2) is 0 Å². The highest BCUT2D eigenvalue weighted by molar-refractivity contribution is 5.85. The molecule has 6 heteroatoms. The first kappa shape index (κ1) is 12.5. The summed E-state index contributed by atoms with van der Waals surface area (Å²) < 4.78 is 10.3. The van der Waals surface area contributed by atoms with Crippen LogP contribution in [0.25, 0.3) is 11.5 Å². The van der Waals surface area contributed by atoms with Crippen molar-refractivity contribution in [2.75, 3.05) is 7.11 Å². The van der Waals surface area contributed by atoms with Gasteiger partial charge in [0.05, 0.1) is 13.7 Å². The molecule has 0 amide bonds. The van der Waals surface area contributed by atoms with E-state index in [1.54, 1.807) is 7.11 Å². The van der Waals surface area contributed by atoms with Gasteiger partial charge >= 0.3 is 0 Å². The van der Waals surface area contributed by atoms with Gasteiger partial charge in [-0.2, -0.15) is 0 Å². The normalized spacial score (nSPS) is 9.62. The van der Waals surface area contributed by atoms with Crippen molar-refractivity contribution < 1.29 is 9.15 Å². The molecule has 86 valence electrons. The van der Waals surface area contributed by atoms with Crippen molar-refractivity contribution in [1.82, 2.24) is 10.2 Å². The molecule has 0 aliphatic rings. The fraction of sp³-hybridized carbons (Fsp3) is 0.200. The van der Waals surface area contributed by atoms with E-state index in [1.165, 1.54) is 0 Å². The lowest BCUT2D eigenvalue weighted by Crippen LogP contribution is -1.95. The number of hydrogen-bond acceptors (Lipinski definition) is 5. The van der Waals surface area contributed by atoms with Crippen LogP contribution in [0.1, 0.15) is 5.89 Å². The molecule has 0 aliphatic carbocycles. The van der Waals surface area contributed by atoms with Crippen LogP contribution >= 0.6 is 12.4 Å². The van der Waals surface area contributed by atoms with Gasteiger partial charge in [-0.25, -0.2) is 0 Å². The van der Waals surface area contributed by atoms with Gasteiger partial charge in [0.25, 0.3) is 0 Å². The fourth-order valence-corrected chi connectivity index (χ4v) is 1.19. The standard InChI is InChI=1S/C10H11N3O2.ClH/c1-14-8-4-2-7(3-5-8)10-13-12-9(6-11)15-10;/h2-5H,6,11H2,1H3;1H. The number of nitrogens with zero attached hydrogens (tertiary/aromatic N) is 2. The van der Waals surface area contributed by atoms with Crippen molar-refractivity contribution in [3.63, 3.8) is 0 Å². The van der Waals surface area contributed by atoms with Crippen LogP contribution in [0.15, 0.2) is 28.7 Å². The van der Waals surface area contributed by atoms with Gasteiger partial charge in [0, 0.05) is 5.56 Å². The lowest BCUT2D eigenvalue weighted by Gasteiger charge is -1.98. The molecule has 0 saturated carbocycles. The molecular weight excluding hydrogens is 230 g/mol. The van der Waals surface area contributed by atoms with E-state index in [2.05, 4.69) is 10.2 Å². The molecule has 2 rings (SSSR count). The zero-order valence-corrected chi connectivity index (χ0v) is 9.53. The summed E-state index contributed by atoms with van der Waals surface area (Å²) in [6.45, 7) is 0.253. The molecule has 0 unspecified atom stereocenters. The van der Waals surface area contributed by atoms with Crippen LogP contribution in [0, 0.1) is 0 Å². The largest absolute Gasteiger partial charge is 0.497 e. The Kier molecular flexibility index (Phi) is 4.28. The number of halogens is 1. The lowest BCUT2D eigenvalue weighted by atomic mass is 10.2. The molecule has 16 heavy (non-hydrogen) atoms. The van der Waals surface area contributed by atoms with Crippen LogP contribution in [0.5, 0.6) is 5.75 Å². The zero-order chi connectivity index (χ0) is 10.7. The summed E-state index contributed by atoms with van der Waals surface area (Å²) in [6, 6.07) is 7.38. The van der Waals surface area contributed by atoms with E-state index in [0.717, 1.165) is 11.3 Å². The number of ether oxygens (including phenoxy) is 1. The van der Waals surface area contributed by atoms with Gasteiger partial charge in [-0.1, -0.05) is 0 Å². The summed E-state index contributed by atoms with van der Waals surface area (Å²) in [6.07, 6.45) is 0. The SMILES string of the molecule is COc1ccc(-c2nnc(CN)o2)cc1.Cl. The Morgan fingerprint density at radius 1 is 1.25 bits per heavy atom. The second-order valence-electron chi connectivity index (χ2n) is 2.93. The van der Waals surface area contributed by atoms with E-state index >= 15 is 0 Å². The Morgan fingerprint density at radius 2 is 1.94 bits per heavy atom. The maximum Gasteiger partial charge on any atom is 0.247 e. The molecule has 0 aliphatic heterocycles. The quantitative estimate of drug-likeness (QED) is 0.884. The maximum atomic E-state index is 5.37. The number of rotatable bonds is 3. The van der Waals surface area contributed by atoms with Crippen LogP contribution in [0.2, 0.25) is 0 Å². The monoisotopic (exact) mass is 241 g/mol. The topological polar surface area (TPSA) is 74.2 Å².